The van der Waals surface area contributed by atoms with Crippen LogP contribution in [-0.2, 0) is 4.79 Å². The van der Waals surface area contributed by atoms with Crippen LogP contribution in [0.3, 0.4) is 0 Å². The summed E-state index contributed by atoms with van der Waals surface area (Å²) >= 11 is 0. The van der Waals surface area contributed by atoms with Crippen LogP contribution >= 0.6 is 0 Å². The maximum atomic E-state index is 12.3. The van der Waals surface area contributed by atoms with Crippen LogP contribution in [-0.4, -0.2) is 49.1 Å². The molecule has 0 radical (unpaired) electrons. The summed E-state index contributed by atoms with van der Waals surface area (Å²) in [6.45, 7) is 4.48. The number of likely N-dealkylation sites (tertiary alicyclic amines) is 1. The van der Waals surface area contributed by atoms with Gasteiger partial charge < -0.3 is 15.5 Å². The summed E-state index contributed by atoms with van der Waals surface area (Å²) in [5, 5.41) is 6.73. The Balaban J connectivity index is 1.31. The minimum Gasteiger partial charge on any atom is -0.355 e. The first-order valence-corrected chi connectivity index (χ1v) is 9.59. The third kappa shape index (κ3) is 4.45. The van der Waals surface area contributed by atoms with Gasteiger partial charge in [-0.2, -0.15) is 0 Å². The van der Waals surface area contributed by atoms with Gasteiger partial charge in [0.25, 0.3) is 0 Å². The van der Waals surface area contributed by atoms with E-state index in [2.05, 4.69) is 15.5 Å². The second-order valence-electron chi connectivity index (χ2n) is 7.51. The number of hydrogen-bond donors (Lipinski definition) is 2. The molecule has 22 heavy (non-hydrogen) atoms. The fraction of sp³-hybridized carbons (Fsp3) is 0.944. The van der Waals surface area contributed by atoms with E-state index < -0.39 is 0 Å². The van der Waals surface area contributed by atoms with Gasteiger partial charge >= 0.3 is 0 Å². The molecule has 1 amide bonds. The lowest BCUT2D eigenvalue weighted by atomic mass is 9.85. The summed E-state index contributed by atoms with van der Waals surface area (Å²) in [6.07, 6.45) is 12.9. The van der Waals surface area contributed by atoms with Gasteiger partial charge in [-0.3, -0.25) is 4.79 Å². The number of nitrogens with one attached hydrogen (secondary N) is 2. The standard InChI is InChI=1S/C18H33N3O/c22-18(17-14-15-8-3-4-9-16(15)20-17)19-10-7-13-21-11-5-1-2-6-12-21/h15-17,20H,1-14H2,(H,19,22). The molecule has 4 nitrogen and oxygen atoms in total. The first-order valence-electron chi connectivity index (χ1n) is 9.59. The van der Waals surface area contributed by atoms with Crippen LogP contribution < -0.4 is 10.6 Å². The van der Waals surface area contributed by atoms with E-state index in [4.69, 9.17) is 0 Å². The minimum absolute atomic E-state index is 0.0753. The molecule has 0 aromatic rings. The summed E-state index contributed by atoms with van der Waals surface area (Å²) in [5.74, 6) is 0.992. The Morgan fingerprint density at radius 2 is 1.82 bits per heavy atom. The Morgan fingerprint density at radius 3 is 2.59 bits per heavy atom. The molecule has 2 aliphatic heterocycles. The smallest absolute Gasteiger partial charge is 0.237 e. The second kappa shape index (κ2) is 8.30. The van der Waals surface area contributed by atoms with Crippen molar-refractivity contribution in [3.05, 3.63) is 0 Å². The molecule has 1 aliphatic carbocycles. The van der Waals surface area contributed by atoms with Crippen molar-refractivity contribution in [3.8, 4) is 0 Å². The molecule has 0 aromatic carbocycles. The van der Waals surface area contributed by atoms with Crippen molar-refractivity contribution in [1.29, 1.82) is 0 Å². The van der Waals surface area contributed by atoms with Gasteiger partial charge in [0.2, 0.25) is 5.91 Å². The number of amides is 1. The zero-order valence-electron chi connectivity index (χ0n) is 14.0. The van der Waals surface area contributed by atoms with Crippen LogP contribution in [0.25, 0.3) is 0 Å². The fourth-order valence-electron chi connectivity index (χ4n) is 4.52. The van der Waals surface area contributed by atoms with Gasteiger partial charge in [0.05, 0.1) is 6.04 Å². The highest BCUT2D eigenvalue weighted by molar-refractivity contribution is 5.82. The van der Waals surface area contributed by atoms with E-state index in [0.717, 1.165) is 31.8 Å². The van der Waals surface area contributed by atoms with Gasteiger partial charge in [0.1, 0.15) is 0 Å². The Labute approximate surface area is 135 Å². The maximum absolute atomic E-state index is 12.3. The number of carbonyl (C=O) groups excluding carboxylic acids is 1. The van der Waals surface area contributed by atoms with Crippen LogP contribution in [0.5, 0.6) is 0 Å². The van der Waals surface area contributed by atoms with Crippen molar-refractivity contribution >= 4 is 5.91 Å². The minimum atomic E-state index is 0.0753. The van der Waals surface area contributed by atoms with Crippen LogP contribution in [0, 0.1) is 5.92 Å². The molecule has 0 spiro atoms. The van der Waals surface area contributed by atoms with E-state index in [1.165, 1.54) is 64.5 Å². The number of hydrogen-bond acceptors (Lipinski definition) is 3. The van der Waals surface area contributed by atoms with Crippen molar-refractivity contribution in [2.75, 3.05) is 26.2 Å². The van der Waals surface area contributed by atoms with Crippen LogP contribution in [0.4, 0.5) is 0 Å². The molecule has 2 saturated heterocycles. The summed E-state index contributed by atoms with van der Waals surface area (Å²) in [7, 11) is 0. The monoisotopic (exact) mass is 307 g/mol. The predicted molar refractivity (Wildman–Crippen MR) is 89.8 cm³/mol. The molecule has 3 rings (SSSR count). The number of carbonyl (C=O) groups is 1. The fourth-order valence-corrected chi connectivity index (χ4v) is 4.52. The first-order chi connectivity index (χ1) is 10.8. The molecule has 0 bridgehead atoms. The molecule has 3 fully saturated rings. The molecule has 3 unspecified atom stereocenters. The molecule has 126 valence electrons. The number of nitrogens with zero attached hydrogens (tertiary/aromatic N) is 1. The largest absolute Gasteiger partial charge is 0.355 e. The van der Waals surface area contributed by atoms with E-state index >= 15 is 0 Å². The van der Waals surface area contributed by atoms with Crippen LogP contribution in [0.1, 0.15) is 64.2 Å². The lowest BCUT2D eigenvalue weighted by Gasteiger charge is -2.24. The Kier molecular flexibility index (Phi) is 6.13. The highest BCUT2D eigenvalue weighted by Gasteiger charge is 2.37. The molecule has 4 heteroatoms. The molecule has 1 saturated carbocycles. The second-order valence-corrected chi connectivity index (χ2v) is 7.51. The van der Waals surface area contributed by atoms with Gasteiger partial charge in [0.15, 0.2) is 0 Å². The zero-order chi connectivity index (χ0) is 15.2. The van der Waals surface area contributed by atoms with Crippen molar-refractivity contribution in [2.24, 2.45) is 5.92 Å². The summed E-state index contributed by atoms with van der Waals surface area (Å²) in [6, 6.07) is 0.688. The summed E-state index contributed by atoms with van der Waals surface area (Å²) < 4.78 is 0. The van der Waals surface area contributed by atoms with Crippen molar-refractivity contribution in [3.63, 3.8) is 0 Å². The average Bonchev–Trinajstić information content (AvgIpc) is 2.81. The molecule has 2 N–H and O–H groups in total. The third-order valence-electron chi connectivity index (χ3n) is 5.83. The van der Waals surface area contributed by atoms with E-state index in [-0.39, 0.29) is 11.9 Å². The summed E-state index contributed by atoms with van der Waals surface area (Å²) in [4.78, 5) is 14.9. The van der Waals surface area contributed by atoms with Crippen molar-refractivity contribution < 1.29 is 4.79 Å². The van der Waals surface area contributed by atoms with Gasteiger partial charge in [-0.15, -0.1) is 0 Å². The highest BCUT2D eigenvalue weighted by atomic mass is 16.2. The molecular formula is C18H33N3O. The van der Waals surface area contributed by atoms with E-state index in [9.17, 15) is 4.79 Å². The first kappa shape index (κ1) is 16.3. The molecule has 0 aromatic heterocycles. The lowest BCUT2D eigenvalue weighted by molar-refractivity contribution is -0.122. The van der Waals surface area contributed by atoms with Gasteiger partial charge in [-0.1, -0.05) is 25.7 Å². The predicted octanol–water partition coefficient (Wildman–Crippen LogP) is 2.29. The van der Waals surface area contributed by atoms with Gasteiger partial charge in [0, 0.05) is 12.6 Å². The van der Waals surface area contributed by atoms with Crippen LogP contribution in [0.2, 0.25) is 0 Å². The number of rotatable bonds is 5. The average molecular weight is 307 g/mol. The molecule has 3 aliphatic rings. The quantitative estimate of drug-likeness (QED) is 0.766. The van der Waals surface area contributed by atoms with E-state index in [1.54, 1.807) is 0 Å². The van der Waals surface area contributed by atoms with Crippen molar-refractivity contribution in [1.82, 2.24) is 15.5 Å². The van der Waals surface area contributed by atoms with Crippen LogP contribution in [0.15, 0.2) is 0 Å². The Morgan fingerprint density at radius 1 is 1.05 bits per heavy atom. The van der Waals surface area contributed by atoms with Gasteiger partial charge in [-0.05, 0) is 64.1 Å². The van der Waals surface area contributed by atoms with Gasteiger partial charge in [-0.25, -0.2) is 0 Å². The molecule has 3 atom stereocenters. The lowest BCUT2D eigenvalue weighted by Crippen LogP contribution is -2.43. The Bertz CT molecular complexity index is 338. The normalized spacial score (nSPS) is 33.2. The highest BCUT2D eigenvalue weighted by Crippen LogP contribution is 2.33. The van der Waals surface area contributed by atoms with E-state index in [1.807, 2.05) is 0 Å². The Hall–Kier alpha value is -0.610. The van der Waals surface area contributed by atoms with E-state index in [0.29, 0.717) is 6.04 Å². The third-order valence-corrected chi connectivity index (χ3v) is 5.83. The topological polar surface area (TPSA) is 44.4 Å². The zero-order valence-corrected chi connectivity index (χ0v) is 14.0. The molecular weight excluding hydrogens is 274 g/mol. The SMILES string of the molecule is O=C(NCCCN1CCCCCC1)C1CC2CCCCC2N1. The maximum Gasteiger partial charge on any atom is 0.237 e. The van der Waals surface area contributed by atoms with Crippen molar-refractivity contribution in [2.45, 2.75) is 76.3 Å². The number of fused-ring (bicyclic) bond motifs is 1. The summed E-state index contributed by atoms with van der Waals surface area (Å²) in [5.41, 5.74) is 0. The molecule has 2 heterocycles.